The van der Waals surface area contributed by atoms with Gasteiger partial charge < -0.3 is 0 Å². The van der Waals surface area contributed by atoms with Crippen LogP contribution in [0.25, 0.3) is 10.8 Å². The van der Waals surface area contributed by atoms with E-state index >= 15 is 0 Å². The Hall–Kier alpha value is -1.30. The van der Waals surface area contributed by atoms with Crippen LogP contribution in [-0.2, 0) is 6.42 Å². The van der Waals surface area contributed by atoms with Crippen LogP contribution in [0.15, 0.2) is 36.4 Å². The van der Waals surface area contributed by atoms with Gasteiger partial charge in [-0.05, 0) is 28.8 Å². The van der Waals surface area contributed by atoms with Gasteiger partial charge in [0.25, 0.3) is 0 Å². The van der Waals surface area contributed by atoms with Gasteiger partial charge in [-0.3, -0.25) is 0 Å². The van der Waals surface area contributed by atoms with Crippen LogP contribution in [0.3, 0.4) is 0 Å². The molecule has 0 amide bonds. The summed E-state index contributed by atoms with van der Waals surface area (Å²) in [6.07, 6.45) is 1.06. The van der Waals surface area contributed by atoms with E-state index in [1.807, 2.05) is 0 Å². The fourth-order valence-electron chi connectivity index (χ4n) is 1.37. The fraction of sp³-hybridized carbons (Fsp3) is 0.167. The predicted octanol–water partition coefficient (Wildman–Crippen LogP) is 3.20. The number of aryl methyl sites for hydroxylation is 1. The predicted molar refractivity (Wildman–Crippen MR) is 52.2 cm³/mol. The number of hydrogen-bond acceptors (Lipinski definition) is 0. The highest BCUT2D eigenvalue weighted by atomic mass is 14.0. The highest BCUT2D eigenvalue weighted by Crippen LogP contribution is 2.14. The first-order chi connectivity index (χ1) is 5.90. The van der Waals surface area contributed by atoms with E-state index in [0.717, 1.165) is 6.42 Å². The molecule has 0 nitrogen and oxygen atoms in total. The third kappa shape index (κ3) is 1.20. The van der Waals surface area contributed by atoms with Crippen molar-refractivity contribution in [2.24, 2.45) is 0 Å². The van der Waals surface area contributed by atoms with Crippen molar-refractivity contribution in [1.82, 2.24) is 0 Å². The van der Waals surface area contributed by atoms with Crippen LogP contribution in [-0.4, -0.2) is 0 Å². The molecule has 0 atom stereocenters. The number of rotatable bonds is 1. The molecule has 0 heteroatoms. The number of benzene rings is 2. The van der Waals surface area contributed by atoms with E-state index in [1.54, 1.807) is 0 Å². The smallest absolute Gasteiger partial charge is 0.00644 e. The minimum Gasteiger partial charge on any atom is -0.0616 e. The van der Waals surface area contributed by atoms with Gasteiger partial charge in [-0.1, -0.05) is 43.3 Å². The number of hydrogen-bond donors (Lipinski definition) is 0. The Bertz CT molecular complexity index is 388. The molecular formula is C12H11. The van der Waals surface area contributed by atoms with Crippen LogP contribution >= 0.6 is 0 Å². The monoisotopic (exact) mass is 155 g/mol. The molecule has 12 heavy (non-hydrogen) atoms. The molecule has 2 aromatic rings. The van der Waals surface area contributed by atoms with Gasteiger partial charge in [-0.15, -0.1) is 0 Å². The summed E-state index contributed by atoms with van der Waals surface area (Å²) in [6.45, 7) is 2.15. The van der Waals surface area contributed by atoms with E-state index in [-0.39, 0.29) is 0 Å². The largest absolute Gasteiger partial charge is 0.0616 e. The minimum absolute atomic E-state index is 1.06. The minimum atomic E-state index is 1.06. The summed E-state index contributed by atoms with van der Waals surface area (Å²) >= 11 is 0. The molecule has 0 bridgehead atoms. The van der Waals surface area contributed by atoms with Crippen molar-refractivity contribution < 1.29 is 0 Å². The van der Waals surface area contributed by atoms with Crippen LogP contribution in [0.2, 0.25) is 0 Å². The molecule has 0 aromatic heterocycles. The Balaban J connectivity index is 2.67. The maximum atomic E-state index is 3.38. The first kappa shape index (κ1) is 7.35. The second kappa shape index (κ2) is 2.98. The van der Waals surface area contributed by atoms with Crippen LogP contribution in [0.4, 0.5) is 0 Å². The Morgan fingerprint density at radius 3 is 2.75 bits per heavy atom. The summed E-state index contributed by atoms with van der Waals surface area (Å²) in [5.74, 6) is 0. The lowest BCUT2D eigenvalue weighted by molar-refractivity contribution is 1.14. The molecule has 0 aliphatic rings. The lowest BCUT2D eigenvalue weighted by Crippen LogP contribution is -1.79. The third-order valence-electron chi connectivity index (χ3n) is 2.10. The van der Waals surface area contributed by atoms with Crippen molar-refractivity contribution in [2.45, 2.75) is 13.3 Å². The van der Waals surface area contributed by atoms with Gasteiger partial charge in [-0.2, -0.15) is 0 Å². The lowest BCUT2D eigenvalue weighted by Gasteiger charge is -1.98. The van der Waals surface area contributed by atoms with E-state index in [2.05, 4.69) is 49.4 Å². The van der Waals surface area contributed by atoms with E-state index in [4.69, 9.17) is 0 Å². The van der Waals surface area contributed by atoms with E-state index in [9.17, 15) is 0 Å². The SMILES string of the molecule is CCc1[c]c2ccccc2cc1. The molecule has 0 fully saturated rings. The van der Waals surface area contributed by atoms with Gasteiger partial charge in [0.2, 0.25) is 0 Å². The van der Waals surface area contributed by atoms with Crippen molar-refractivity contribution in [3.8, 4) is 0 Å². The van der Waals surface area contributed by atoms with Crippen molar-refractivity contribution in [3.63, 3.8) is 0 Å². The van der Waals surface area contributed by atoms with Crippen LogP contribution in [0.5, 0.6) is 0 Å². The summed E-state index contributed by atoms with van der Waals surface area (Å²) in [7, 11) is 0. The fourth-order valence-corrected chi connectivity index (χ4v) is 1.37. The van der Waals surface area contributed by atoms with Gasteiger partial charge >= 0.3 is 0 Å². The van der Waals surface area contributed by atoms with Gasteiger partial charge in [0.05, 0.1) is 0 Å². The normalized spacial score (nSPS) is 10.4. The van der Waals surface area contributed by atoms with E-state index < -0.39 is 0 Å². The molecule has 0 saturated heterocycles. The second-order valence-corrected chi connectivity index (χ2v) is 2.92. The standard InChI is InChI=1S/C12H11/c1-2-10-7-8-11-5-3-4-6-12(11)9-10/h3-8H,2H2,1H3. The second-order valence-electron chi connectivity index (χ2n) is 2.92. The highest BCUT2D eigenvalue weighted by molar-refractivity contribution is 5.82. The molecule has 0 saturated carbocycles. The van der Waals surface area contributed by atoms with Crippen molar-refractivity contribution in [2.75, 3.05) is 0 Å². The van der Waals surface area contributed by atoms with Crippen LogP contribution in [0.1, 0.15) is 12.5 Å². The maximum absolute atomic E-state index is 3.38. The lowest BCUT2D eigenvalue weighted by atomic mass is 10.1. The van der Waals surface area contributed by atoms with Crippen LogP contribution in [0, 0.1) is 6.07 Å². The molecule has 59 valence electrons. The quantitative estimate of drug-likeness (QED) is 0.593. The zero-order valence-corrected chi connectivity index (χ0v) is 7.17. The molecule has 0 heterocycles. The molecule has 0 aliphatic carbocycles. The van der Waals surface area contributed by atoms with Gasteiger partial charge in [-0.25, -0.2) is 0 Å². The Labute approximate surface area is 72.8 Å². The molecule has 0 N–H and O–H groups in total. The topological polar surface area (TPSA) is 0 Å². The molecule has 0 unspecified atom stereocenters. The summed E-state index contributed by atoms with van der Waals surface area (Å²) in [5, 5.41) is 2.49. The molecule has 2 rings (SSSR count). The third-order valence-corrected chi connectivity index (χ3v) is 2.10. The molecule has 1 radical (unpaired) electrons. The first-order valence-corrected chi connectivity index (χ1v) is 4.30. The highest BCUT2D eigenvalue weighted by Gasteiger charge is 1.93. The van der Waals surface area contributed by atoms with Gasteiger partial charge in [0.15, 0.2) is 0 Å². The Kier molecular flexibility index (Phi) is 1.83. The molecule has 0 aliphatic heterocycles. The summed E-state index contributed by atoms with van der Waals surface area (Å²) in [5.41, 5.74) is 1.29. The Morgan fingerprint density at radius 2 is 1.92 bits per heavy atom. The van der Waals surface area contributed by atoms with Gasteiger partial charge in [0.1, 0.15) is 0 Å². The molecule has 0 spiro atoms. The van der Waals surface area contributed by atoms with E-state index in [0.29, 0.717) is 0 Å². The first-order valence-electron chi connectivity index (χ1n) is 4.30. The van der Waals surface area contributed by atoms with Gasteiger partial charge in [0, 0.05) is 0 Å². The number of fused-ring (bicyclic) bond motifs is 1. The zero-order chi connectivity index (χ0) is 8.39. The zero-order valence-electron chi connectivity index (χ0n) is 7.17. The Morgan fingerprint density at radius 1 is 1.08 bits per heavy atom. The van der Waals surface area contributed by atoms with Crippen LogP contribution < -0.4 is 0 Å². The molecule has 2 aromatic carbocycles. The van der Waals surface area contributed by atoms with Crippen molar-refractivity contribution >= 4 is 10.8 Å². The average Bonchev–Trinajstić information content (AvgIpc) is 2.17. The summed E-state index contributed by atoms with van der Waals surface area (Å²) in [4.78, 5) is 0. The maximum Gasteiger partial charge on any atom is -0.00644 e. The summed E-state index contributed by atoms with van der Waals surface area (Å²) < 4.78 is 0. The molecular weight excluding hydrogens is 144 g/mol. The summed E-state index contributed by atoms with van der Waals surface area (Å²) in [6, 6.07) is 16.0. The van der Waals surface area contributed by atoms with E-state index in [1.165, 1.54) is 16.3 Å². The van der Waals surface area contributed by atoms with Crippen molar-refractivity contribution in [3.05, 3.63) is 48.0 Å². The van der Waals surface area contributed by atoms with Crippen molar-refractivity contribution in [1.29, 1.82) is 0 Å². The average molecular weight is 155 g/mol.